The Labute approximate surface area is 108 Å². The summed E-state index contributed by atoms with van der Waals surface area (Å²) in [7, 11) is 1.82. The molecule has 1 amide bonds. The Kier molecular flexibility index (Phi) is 2.84. The number of hydrogen-bond donors (Lipinski definition) is 2. The van der Waals surface area contributed by atoms with Gasteiger partial charge in [-0.2, -0.15) is 0 Å². The highest BCUT2D eigenvalue weighted by atomic mass is 16.2. The highest BCUT2D eigenvalue weighted by Gasteiger charge is 2.65. The molecule has 0 saturated heterocycles. The van der Waals surface area contributed by atoms with Gasteiger partial charge in [-0.1, -0.05) is 27.7 Å². The second-order valence-electron chi connectivity index (χ2n) is 6.03. The van der Waals surface area contributed by atoms with Crippen molar-refractivity contribution in [1.82, 2.24) is 10.3 Å². The minimum Gasteiger partial charge on any atom is -0.388 e. The van der Waals surface area contributed by atoms with Crippen LogP contribution in [0.5, 0.6) is 0 Å². The van der Waals surface area contributed by atoms with E-state index >= 15 is 0 Å². The predicted molar refractivity (Wildman–Crippen MR) is 72.6 cm³/mol. The third-order valence-corrected chi connectivity index (χ3v) is 4.58. The van der Waals surface area contributed by atoms with E-state index in [2.05, 4.69) is 43.3 Å². The van der Waals surface area contributed by atoms with Crippen LogP contribution in [0.2, 0.25) is 0 Å². The summed E-state index contributed by atoms with van der Waals surface area (Å²) < 4.78 is 0. The Morgan fingerprint density at radius 2 is 1.89 bits per heavy atom. The maximum atomic E-state index is 12.1. The van der Waals surface area contributed by atoms with Crippen molar-refractivity contribution in [2.45, 2.75) is 33.7 Å². The minimum atomic E-state index is -0.101. The van der Waals surface area contributed by atoms with Crippen molar-refractivity contribution in [3.8, 4) is 0 Å². The van der Waals surface area contributed by atoms with Crippen molar-refractivity contribution >= 4 is 11.6 Å². The largest absolute Gasteiger partial charge is 0.388 e. The quantitative estimate of drug-likeness (QED) is 0.861. The average molecular weight is 247 g/mol. The number of nitrogens with zero attached hydrogens (tertiary/aromatic N) is 1. The molecule has 1 heterocycles. The summed E-state index contributed by atoms with van der Waals surface area (Å²) in [5, 5.41) is 6.08. The molecule has 1 fully saturated rings. The summed E-state index contributed by atoms with van der Waals surface area (Å²) >= 11 is 0. The molecule has 2 rings (SSSR count). The lowest BCUT2D eigenvalue weighted by Gasteiger charge is -2.07. The monoisotopic (exact) mass is 247 g/mol. The van der Waals surface area contributed by atoms with Gasteiger partial charge >= 0.3 is 0 Å². The number of amides is 1. The number of aromatic nitrogens is 1. The molecule has 0 radical (unpaired) electrons. The van der Waals surface area contributed by atoms with Crippen molar-refractivity contribution in [2.75, 3.05) is 12.4 Å². The van der Waals surface area contributed by atoms with Gasteiger partial charge in [-0.15, -0.1) is 0 Å². The molecular formula is C14H21N3O. The molecule has 1 saturated carbocycles. The van der Waals surface area contributed by atoms with Gasteiger partial charge < -0.3 is 10.6 Å². The van der Waals surface area contributed by atoms with Crippen LogP contribution in [0.1, 0.15) is 38.2 Å². The summed E-state index contributed by atoms with van der Waals surface area (Å²) in [6.07, 6.45) is 1.64. The highest BCUT2D eigenvalue weighted by Crippen LogP contribution is 2.62. The molecule has 1 aliphatic rings. The molecule has 18 heavy (non-hydrogen) atoms. The number of carbonyl (C=O) groups is 1. The fourth-order valence-corrected chi connectivity index (χ4v) is 2.47. The first-order chi connectivity index (χ1) is 8.30. The molecule has 0 atom stereocenters. The van der Waals surface area contributed by atoms with Crippen LogP contribution < -0.4 is 10.6 Å². The van der Waals surface area contributed by atoms with E-state index in [1.807, 2.05) is 13.1 Å². The molecule has 0 unspecified atom stereocenters. The van der Waals surface area contributed by atoms with Gasteiger partial charge in [0.05, 0.1) is 0 Å². The minimum absolute atomic E-state index is 0.101. The topological polar surface area (TPSA) is 54.0 Å². The molecule has 0 aromatic carbocycles. The van der Waals surface area contributed by atoms with E-state index < -0.39 is 0 Å². The Hall–Kier alpha value is -1.58. The van der Waals surface area contributed by atoms with Crippen molar-refractivity contribution in [2.24, 2.45) is 10.8 Å². The fraction of sp³-hybridized carbons (Fsp3) is 0.571. The van der Waals surface area contributed by atoms with E-state index in [0.29, 0.717) is 5.69 Å². The molecule has 98 valence electrons. The Balaban J connectivity index is 2.10. The molecule has 0 spiro atoms. The number of pyridine rings is 1. The smallest absolute Gasteiger partial charge is 0.270 e. The number of hydrogen-bond acceptors (Lipinski definition) is 3. The fourth-order valence-electron chi connectivity index (χ4n) is 2.47. The van der Waals surface area contributed by atoms with Crippen LogP contribution in [0.25, 0.3) is 0 Å². The maximum Gasteiger partial charge on any atom is 0.270 e. The van der Waals surface area contributed by atoms with Crippen molar-refractivity contribution in [1.29, 1.82) is 0 Å². The second-order valence-corrected chi connectivity index (χ2v) is 6.03. The van der Waals surface area contributed by atoms with Crippen LogP contribution in [-0.2, 0) is 0 Å². The first-order valence-corrected chi connectivity index (χ1v) is 6.25. The lowest BCUT2D eigenvalue weighted by atomic mass is 10.0. The van der Waals surface area contributed by atoms with Crippen LogP contribution in [0, 0.1) is 10.8 Å². The molecule has 1 aliphatic carbocycles. The third-order valence-electron chi connectivity index (χ3n) is 4.58. The van der Waals surface area contributed by atoms with Gasteiger partial charge in [-0.25, -0.2) is 0 Å². The van der Waals surface area contributed by atoms with Gasteiger partial charge in [0.15, 0.2) is 0 Å². The summed E-state index contributed by atoms with van der Waals surface area (Å²) in [4.78, 5) is 16.2. The molecule has 1 aromatic heterocycles. The zero-order chi connectivity index (χ0) is 13.6. The van der Waals surface area contributed by atoms with Gasteiger partial charge in [0.2, 0.25) is 0 Å². The number of anilines is 1. The van der Waals surface area contributed by atoms with Gasteiger partial charge in [-0.3, -0.25) is 9.78 Å². The molecule has 4 nitrogen and oxygen atoms in total. The van der Waals surface area contributed by atoms with Crippen LogP contribution >= 0.6 is 0 Å². The predicted octanol–water partition coefficient (Wildman–Crippen LogP) is 2.29. The van der Waals surface area contributed by atoms with Gasteiger partial charge in [0.1, 0.15) is 5.69 Å². The van der Waals surface area contributed by atoms with E-state index in [0.717, 1.165) is 5.69 Å². The number of carbonyl (C=O) groups excluding carboxylic acids is 1. The SMILES string of the molecule is CNc1ccnc(C(=O)NC2C(C)(C)C2(C)C)c1. The molecule has 1 aromatic rings. The summed E-state index contributed by atoms with van der Waals surface area (Å²) in [5.74, 6) is -0.101. The number of rotatable bonds is 3. The highest BCUT2D eigenvalue weighted by molar-refractivity contribution is 5.93. The summed E-state index contributed by atoms with van der Waals surface area (Å²) in [5.41, 5.74) is 1.64. The van der Waals surface area contributed by atoms with Crippen LogP contribution in [-0.4, -0.2) is 24.0 Å². The standard InChI is InChI=1S/C14H21N3O/c1-13(2)12(14(13,3)4)17-11(18)10-8-9(15-5)6-7-16-10/h6-8,12H,1-5H3,(H,15,16)(H,17,18). The maximum absolute atomic E-state index is 12.1. The van der Waals surface area contributed by atoms with E-state index in [-0.39, 0.29) is 22.8 Å². The van der Waals surface area contributed by atoms with E-state index in [9.17, 15) is 4.79 Å². The number of nitrogens with one attached hydrogen (secondary N) is 2. The van der Waals surface area contributed by atoms with Crippen LogP contribution in [0.4, 0.5) is 5.69 Å². The summed E-state index contributed by atoms with van der Waals surface area (Å²) in [6.45, 7) is 8.70. The van der Waals surface area contributed by atoms with E-state index in [4.69, 9.17) is 0 Å². The van der Waals surface area contributed by atoms with Gasteiger partial charge in [0.25, 0.3) is 5.91 Å². The average Bonchev–Trinajstić information content (AvgIpc) is 2.71. The molecule has 0 aliphatic heterocycles. The zero-order valence-corrected chi connectivity index (χ0v) is 11.7. The van der Waals surface area contributed by atoms with Crippen molar-refractivity contribution in [3.63, 3.8) is 0 Å². The first kappa shape index (κ1) is 12.9. The Bertz CT molecular complexity index is 466. The van der Waals surface area contributed by atoms with E-state index in [1.54, 1.807) is 12.3 Å². The van der Waals surface area contributed by atoms with Crippen LogP contribution in [0.3, 0.4) is 0 Å². The molecule has 2 N–H and O–H groups in total. The van der Waals surface area contributed by atoms with Gasteiger partial charge in [-0.05, 0) is 23.0 Å². The van der Waals surface area contributed by atoms with Crippen molar-refractivity contribution in [3.05, 3.63) is 24.0 Å². The van der Waals surface area contributed by atoms with Crippen molar-refractivity contribution < 1.29 is 4.79 Å². The first-order valence-electron chi connectivity index (χ1n) is 6.25. The Morgan fingerprint density at radius 1 is 1.28 bits per heavy atom. The lowest BCUT2D eigenvalue weighted by molar-refractivity contribution is 0.0938. The molecule has 4 heteroatoms. The van der Waals surface area contributed by atoms with Crippen LogP contribution in [0.15, 0.2) is 18.3 Å². The zero-order valence-electron chi connectivity index (χ0n) is 11.7. The van der Waals surface area contributed by atoms with E-state index in [1.165, 1.54) is 0 Å². The normalized spacial score (nSPS) is 20.3. The summed E-state index contributed by atoms with van der Waals surface area (Å²) in [6, 6.07) is 3.80. The lowest BCUT2D eigenvalue weighted by Crippen LogP contribution is -2.30. The Morgan fingerprint density at radius 3 is 2.39 bits per heavy atom. The van der Waals surface area contributed by atoms with Gasteiger partial charge in [0, 0.05) is 25.0 Å². The third kappa shape index (κ3) is 1.85. The molecule has 0 bridgehead atoms. The second kappa shape index (κ2) is 3.97. The molecular weight excluding hydrogens is 226 g/mol.